The first-order chi connectivity index (χ1) is 8.58. The standard InChI is InChI=1S/C14H21N3O/c1-17(2)13-6-4-3-5-12(13)16-14(18)9-11(15)10-7-8-10/h3-6,10-11H,7-9,15H2,1-2H3,(H,16,18). The van der Waals surface area contributed by atoms with Gasteiger partial charge in [0.1, 0.15) is 0 Å². The summed E-state index contributed by atoms with van der Waals surface area (Å²) in [6, 6.07) is 7.79. The Labute approximate surface area is 108 Å². The maximum atomic E-state index is 11.9. The van der Waals surface area contributed by atoms with E-state index in [2.05, 4.69) is 5.32 Å². The van der Waals surface area contributed by atoms with Crippen LogP contribution in [0.15, 0.2) is 24.3 Å². The molecule has 1 atom stereocenters. The summed E-state index contributed by atoms with van der Waals surface area (Å²) >= 11 is 0. The summed E-state index contributed by atoms with van der Waals surface area (Å²) in [6.07, 6.45) is 2.75. The Kier molecular flexibility index (Phi) is 3.87. The Bertz CT molecular complexity index is 427. The summed E-state index contributed by atoms with van der Waals surface area (Å²) in [4.78, 5) is 13.9. The maximum Gasteiger partial charge on any atom is 0.225 e. The van der Waals surface area contributed by atoms with Crippen LogP contribution >= 0.6 is 0 Å². The third kappa shape index (κ3) is 3.23. The van der Waals surface area contributed by atoms with Crippen molar-refractivity contribution >= 4 is 17.3 Å². The lowest BCUT2D eigenvalue weighted by Gasteiger charge is -2.18. The van der Waals surface area contributed by atoms with E-state index < -0.39 is 0 Å². The number of amides is 1. The fourth-order valence-electron chi connectivity index (χ4n) is 2.08. The number of nitrogens with two attached hydrogens (primary N) is 1. The molecule has 0 radical (unpaired) electrons. The molecule has 4 nitrogen and oxygen atoms in total. The number of rotatable bonds is 5. The lowest BCUT2D eigenvalue weighted by Crippen LogP contribution is -2.29. The highest BCUT2D eigenvalue weighted by molar-refractivity contribution is 5.94. The van der Waals surface area contributed by atoms with E-state index in [1.165, 1.54) is 12.8 Å². The van der Waals surface area contributed by atoms with Gasteiger partial charge in [0.15, 0.2) is 0 Å². The summed E-state index contributed by atoms with van der Waals surface area (Å²) in [5.41, 5.74) is 7.81. The molecule has 1 aromatic carbocycles. The van der Waals surface area contributed by atoms with Crippen molar-refractivity contribution in [2.24, 2.45) is 11.7 Å². The minimum Gasteiger partial charge on any atom is -0.376 e. The van der Waals surface area contributed by atoms with Gasteiger partial charge in [-0.3, -0.25) is 4.79 Å². The average Bonchev–Trinajstić information content (AvgIpc) is 3.12. The molecule has 0 heterocycles. The van der Waals surface area contributed by atoms with Crippen molar-refractivity contribution in [1.29, 1.82) is 0 Å². The first kappa shape index (κ1) is 12.9. The van der Waals surface area contributed by atoms with Gasteiger partial charge in [0, 0.05) is 26.6 Å². The third-order valence-corrected chi connectivity index (χ3v) is 3.31. The number of hydrogen-bond acceptors (Lipinski definition) is 3. The predicted molar refractivity (Wildman–Crippen MR) is 74.7 cm³/mol. The Hall–Kier alpha value is -1.55. The smallest absolute Gasteiger partial charge is 0.225 e. The van der Waals surface area contributed by atoms with E-state index in [4.69, 9.17) is 5.73 Å². The first-order valence-electron chi connectivity index (χ1n) is 6.39. The van der Waals surface area contributed by atoms with E-state index in [0.717, 1.165) is 11.4 Å². The second-order valence-electron chi connectivity index (χ2n) is 5.17. The lowest BCUT2D eigenvalue weighted by molar-refractivity contribution is -0.116. The molecule has 98 valence electrons. The number of anilines is 2. The van der Waals surface area contributed by atoms with Crippen LogP contribution in [-0.4, -0.2) is 26.0 Å². The van der Waals surface area contributed by atoms with Crippen LogP contribution in [0.4, 0.5) is 11.4 Å². The van der Waals surface area contributed by atoms with E-state index in [1.807, 2.05) is 43.3 Å². The van der Waals surface area contributed by atoms with Gasteiger partial charge in [0.05, 0.1) is 11.4 Å². The van der Waals surface area contributed by atoms with Crippen molar-refractivity contribution < 1.29 is 4.79 Å². The number of nitrogens with one attached hydrogen (secondary N) is 1. The molecule has 4 heteroatoms. The van der Waals surface area contributed by atoms with Crippen molar-refractivity contribution in [3.63, 3.8) is 0 Å². The molecule has 18 heavy (non-hydrogen) atoms. The average molecular weight is 247 g/mol. The molecule has 0 aliphatic heterocycles. The highest BCUT2D eigenvalue weighted by Gasteiger charge is 2.29. The molecule has 1 aromatic rings. The van der Waals surface area contributed by atoms with Crippen LogP contribution in [0.1, 0.15) is 19.3 Å². The fourth-order valence-corrected chi connectivity index (χ4v) is 2.08. The first-order valence-corrected chi connectivity index (χ1v) is 6.39. The molecule has 0 bridgehead atoms. The Balaban J connectivity index is 1.97. The number of nitrogens with zero attached hydrogens (tertiary/aromatic N) is 1. The summed E-state index contributed by atoms with van der Waals surface area (Å²) in [7, 11) is 3.92. The molecule has 1 saturated carbocycles. The summed E-state index contributed by atoms with van der Waals surface area (Å²) in [6.45, 7) is 0. The van der Waals surface area contributed by atoms with Gasteiger partial charge < -0.3 is 16.0 Å². The minimum atomic E-state index is 0.00343. The molecule has 1 amide bonds. The Morgan fingerprint density at radius 2 is 2.11 bits per heavy atom. The van der Waals surface area contributed by atoms with E-state index in [9.17, 15) is 4.79 Å². The topological polar surface area (TPSA) is 58.4 Å². The Morgan fingerprint density at radius 1 is 1.44 bits per heavy atom. The summed E-state index contributed by atoms with van der Waals surface area (Å²) < 4.78 is 0. The zero-order chi connectivity index (χ0) is 13.1. The lowest BCUT2D eigenvalue weighted by atomic mass is 10.1. The number of hydrogen-bond donors (Lipinski definition) is 2. The van der Waals surface area contributed by atoms with Gasteiger partial charge >= 0.3 is 0 Å². The fraction of sp³-hybridized carbons (Fsp3) is 0.500. The third-order valence-electron chi connectivity index (χ3n) is 3.31. The highest BCUT2D eigenvalue weighted by atomic mass is 16.1. The van der Waals surface area contributed by atoms with Gasteiger partial charge in [-0.1, -0.05) is 12.1 Å². The van der Waals surface area contributed by atoms with Crippen molar-refractivity contribution in [3.8, 4) is 0 Å². The summed E-state index contributed by atoms with van der Waals surface area (Å²) in [5, 5.41) is 2.94. The van der Waals surface area contributed by atoms with E-state index in [1.54, 1.807) is 0 Å². The quantitative estimate of drug-likeness (QED) is 0.834. The van der Waals surface area contributed by atoms with Gasteiger partial charge in [-0.25, -0.2) is 0 Å². The molecule has 1 fully saturated rings. The highest BCUT2D eigenvalue weighted by Crippen LogP contribution is 2.33. The van der Waals surface area contributed by atoms with Gasteiger partial charge in [0.2, 0.25) is 5.91 Å². The van der Waals surface area contributed by atoms with Crippen LogP contribution in [0.3, 0.4) is 0 Å². The molecular formula is C14H21N3O. The van der Waals surface area contributed by atoms with Crippen molar-refractivity contribution in [2.75, 3.05) is 24.3 Å². The number of carbonyl (C=O) groups excluding carboxylic acids is 1. The van der Waals surface area contributed by atoms with Gasteiger partial charge in [0.25, 0.3) is 0 Å². The second kappa shape index (κ2) is 5.40. The summed E-state index contributed by atoms with van der Waals surface area (Å²) in [5.74, 6) is 0.559. The van der Waals surface area contributed by atoms with Crippen LogP contribution in [0.2, 0.25) is 0 Å². The monoisotopic (exact) mass is 247 g/mol. The van der Waals surface area contributed by atoms with Crippen LogP contribution in [0.25, 0.3) is 0 Å². The molecule has 0 aromatic heterocycles. The van der Waals surface area contributed by atoms with Crippen molar-refractivity contribution in [2.45, 2.75) is 25.3 Å². The molecule has 0 spiro atoms. The van der Waals surface area contributed by atoms with Crippen LogP contribution < -0.4 is 16.0 Å². The van der Waals surface area contributed by atoms with Crippen molar-refractivity contribution in [1.82, 2.24) is 0 Å². The molecule has 1 aliphatic rings. The second-order valence-corrected chi connectivity index (χ2v) is 5.17. The molecule has 1 aliphatic carbocycles. The molecule has 3 N–H and O–H groups in total. The van der Waals surface area contributed by atoms with Gasteiger partial charge in [-0.2, -0.15) is 0 Å². The molecular weight excluding hydrogens is 226 g/mol. The largest absolute Gasteiger partial charge is 0.376 e. The normalized spacial score (nSPS) is 16.2. The van der Waals surface area contributed by atoms with E-state index >= 15 is 0 Å². The van der Waals surface area contributed by atoms with Gasteiger partial charge in [-0.05, 0) is 30.9 Å². The van der Waals surface area contributed by atoms with Crippen LogP contribution in [0, 0.1) is 5.92 Å². The van der Waals surface area contributed by atoms with E-state index in [-0.39, 0.29) is 11.9 Å². The van der Waals surface area contributed by atoms with Crippen LogP contribution in [0.5, 0.6) is 0 Å². The zero-order valence-electron chi connectivity index (χ0n) is 11.0. The number of carbonyl (C=O) groups is 1. The SMILES string of the molecule is CN(C)c1ccccc1NC(=O)CC(N)C1CC1. The number of benzene rings is 1. The molecule has 1 unspecified atom stereocenters. The van der Waals surface area contributed by atoms with E-state index in [0.29, 0.717) is 12.3 Å². The van der Waals surface area contributed by atoms with Gasteiger partial charge in [-0.15, -0.1) is 0 Å². The number of para-hydroxylation sites is 2. The molecule has 2 rings (SSSR count). The Morgan fingerprint density at radius 3 is 2.72 bits per heavy atom. The van der Waals surface area contributed by atoms with Crippen LogP contribution in [-0.2, 0) is 4.79 Å². The minimum absolute atomic E-state index is 0.00343. The molecule has 0 saturated heterocycles. The zero-order valence-corrected chi connectivity index (χ0v) is 11.0. The predicted octanol–water partition coefficient (Wildman–Crippen LogP) is 1.82. The van der Waals surface area contributed by atoms with Crippen molar-refractivity contribution in [3.05, 3.63) is 24.3 Å². The maximum absolute atomic E-state index is 11.9.